The fourth-order valence-electron chi connectivity index (χ4n) is 2.67. The van der Waals surface area contributed by atoms with E-state index in [0.29, 0.717) is 28.2 Å². The molecule has 0 bridgehead atoms. The second-order valence-corrected chi connectivity index (χ2v) is 6.12. The summed E-state index contributed by atoms with van der Waals surface area (Å²) < 4.78 is 35.2. The summed E-state index contributed by atoms with van der Waals surface area (Å²) in [5.41, 5.74) is 0.668. The molecule has 6 nitrogen and oxygen atoms in total. The Morgan fingerprint density at radius 3 is 2.43 bits per heavy atom. The van der Waals surface area contributed by atoms with E-state index in [1.807, 2.05) is 0 Å². The summed E-state index contributed by atoms with van der Waals surface area (Å²) in [4.78, 5) is 16.3. The van der Waals surface area contributed by atoms with E-state index in [9.17, 15) is 9.18 Å². The van der Waals surface area contributed by atoms with Gasteiger partial charge in [0.1, 0.15) is 18.2 Å². The normalized spacial score (nSPS) is 10.6. The number of carbonyl (C=O) groups excluding carboxylic acids is 1. The van der Waals surface area contributed by atoms with Crippen LogP contribution in [0.15, 0.2) is 36.4 Å². The highest BCUT2D eigenvalue weighted by atomic mass is 35.5. The number of methoxy groups -OCH3 is 3. The highest BCUT2D eigenvalue weighted by Gasteiger charge is 2.17. The molecule has 0 N–H and O–H groups in total. The van der Waals surface area contributed by atoms with Crippen molar-refractivity contribution in [1.82, 2.24) is 4.98 Å². The lowest BCUT2D eigenvalue weighted by Gasteiger charge is -2.14. The van der Waals surface area contributed by atoms with Crippen LogP contribution in [0.2, 0.25) is 5.02 Å². The Kier molecular flexibility index (Phi) is 5.84. The zero-order valence-corrected chi connectivity index (χ0v) is 16.2. The predicted molar refractivity (Wildman–Crippen MR) is 102 cm³/mol. The predicted octanol–water partition coefficient (Wildman–Crippen LogP) is 4.41. The summed E-state index contributed by atoms with van der Waals surface area (Å²) in [6, 6.07) is 9.08. The van der Waals surface area contributed by atoms with Gasteiger partial charge in [0.05, 0.1) is 31.9 Å². The van der Waals surface area contributed by atoms with Gasteiger partial charge in [0.25, 0.3) is 0 Å². The zero-order chi connectivity index (χ0) is 20.3. The lowest BCUT2D eigenvalue weighted by atomic mass is 10.1. The first-order valence-electron chi connectivity index (χ1n) is 8.19. The number of esters is 1. The standard InChI is InChI=1S/C20H17ClFNO5/c1-25-18-7-11-15(8-19(18)26-2)23-16(20(24)27-3)9-17(11)28-10-12-13(21)5-4-6-14(12)22/h4-9H,10H2,1-3H3. The van der Waals surface area contributed by atoms with Gasteiger partial charge in [-0.2, -0.15) is 0 Å². The molecule has 0 atom stereocenters. The van der Waals surface area contributed by atoms with Crippen molar-refractivity contribution in [3.8, 4) is 17.2 Å². The minimum Gasteiger partial charge on any atom is -0.493 e. The molecule has 0 aliphatic heterocycles. The summed E-state index contributed by atoms with van der Waals surface area (Å²) >= 11 is 6.06. The van der Waals surface area contributed by atoms with Gasteiger partial charge >= 0.3 is 5.97 Å². The summed E-state index contributed by atoms with van der Waals surface area (Å²) in [5.74, 6) is 0.0680. The monoisotopic (exact) mass is 405 g/mol. The molecule has 0 aliphatic carbocycles. The number of pyridine rings is 1. The van der Waals surface area contributed by atoms with Crippen LogP contribution in [0.1, 0.15) is 16.1 Å². The molecule has 0 saturated heterocycles. The number of benzene rings is 2. The average molecular weight is 406 g/mol. The quantitative estimate of drug-likeness (QED) is 0.566. The highest BCUT2D eigenvalue weighted by Crippen LogP contribution is 2.36. The molecule has 146 valence electrons. The Balaban J connectivity index is 2.11. The molecular weight excluding hydrogens is 389 g/mol. The summed E-state index contributed by atoms with van der Waals surface area (Å²) in [6.45, 7) is -0.139. The first kappa shape index (κ1) is 19.7. The highest BCUT2D eigenvalue weighted by molar-refractivity contribution is 6.31. The molecule has 0 fully saturated rings. The van der Waals surface area contributed by atoms with Gasteiger partial charge in [-0.3, -0.25) is 0 Å². The van der Waals surface area contributed by atoms with Gasteiger partial charge in [-0.05, 0) is 18.2 Å². The van der Waals surface area contributed by atoms with Crippen LogP contribution in [-0.4, -0.2) is 32.3 Å². The first-order valence-corrected chi connectivity index (χ1v) is 8.57. The second-order valence-electron chi connectivity index (χ2n) is 5.71. The van der Waals surface area contributed by atoms with E-state index in [-0.39, 0.29) is 22.9 Å². The lowest BCUT2D eigenvalue weighted by Crippen LogP contribution is -2.07. The Labute approximate surface area is 165 Å². The van der Waals surface area contributed by atoms with Crippen LogP contribution in [0.3, 0.4) is 0 Å². The van der Waals surface area contributed by atoms with E-state index in [0.717, 1.165) is 0 Å². The van der Waals surface area contributed by atoms with Crippen LogP contribution in [0.25, 0.3) is 10.9 Å². The van der Waals surface area contributed by atoms with Gasteiger partial charge in [-0.1, -0.05) is 17.7 Å². The number of carbonyl (C=O) groups is 1. The Morgan fingerprint density at radius 2 is 1.79 bits per heavy atom. The average Bonchev–Trinajstić information content (AvgIpc) is 2.71. The van der Waals surface area contributed by atoms with Gasteiger partial charge in [0.2, 0.25) is 0 Å². The van der Waals surface area contributed by atoms with E-state index in [1.165, 1.54) is 39.5 Å². The fourth-order valence-corrected chi connectivity index (χ4v) is 2.89. The van der Waals surface area contributed by atoms with Gasteiger partial charge < -0.3 is 18.9 Å². The second kappa shape index (κ2) is 8.31. The minimum atomic E-state index is -0.634. The van der Waals surface area contributed by atoms with Crippen molar-refractivity contribution in [2.75, 3.05) is 21.3 Å². The zero-order valence-electron chi connectivity index (χ0n) is 15.4. The molecule has 28 heavy (non-hydrogen) atoms. The molecule has 1 aromatic heterocycles. The van der Waals surface area contributed by atoms with Crippen molar-refractivity contribution in [1.29, 1.82) is 0 Å². The Hall–Kier alpha value is -3.06. The maximum Gasteiger partial charge on any atom is 0.356 e. The molecule has 3 aromatic rings. The first-order chi connectivity index (χ1) is 13.5. The van der Waals surface area contributed by atoms with E-state index in [4.69, 9.17) is 30.5 Å². The number of nitrogens with zero attached hydrogens (tertiary/aromatic N) is 1. The molecule has 0 spiro atoms. The summed E-state index contributed by atoms with van der Waals surface area (Å²) in [6.07, 6.45) is 0. The number of ether oxygens (including phenoxy) is 4. The molecule has 0 aliphatic rings. The largest absolute Gasteiger partial charge is 0.493 e. The smallest absolute Gasteiger partial charge is 0.356 e. The molecule has 8 heteroatoms. The summed E-state index contributed by atoms with van der Waals surface area (Å²) in [5, 5.41) is 0.795. The molecule has 0 amide bonds. The molecule has 1 heterocycles. The Bertz CT molecular complexity index is 1020. The molecule has 0 saturated carbocycles. The van der Waals surface area contributed by atoms with Gasteiger partial charge in [-0.15, -0.1) is 0 Å². The number of rotatable bonds is 6. The van der Waals surface area contributed by atoms with Crippen LogP contribution < -0.4 is 14.2 Å². The number of fused-ring (bicyclic) bond motifs is 1. The number of hydrogen-bond donors (Lipinski definition) is 0. The van der Waals surface area contributed by atoms with Crippen molar-refractivity contribution in [3.05, 3.63) is 58.5 Å². The summed E-state index contributed by atoms with van der Waals surface area (Å²) in [7, 11) is 4.24. The Morgan fingerprint density at radius 1 is 1.07 bits per heavy atom. The minimum absolute atomic E-state index is 0.0388. The number of halogens is 2. The van der Waals surface area contributed by atoms with Gasteiger partial charge in [0.15, 0.2) is 17.2 Å². The third kappa shape index (κ3) is 3.80. The van der Waals surface area contributed by atoms with Crippen LogP contribution in [0, 0.1) is 5.82 Å². The third-order valence-corrected chi connectivity index (χ3v) is 4.46. The number of aromatic nitrogens is 1. The third-order valence-electron chi connectivity index (χ3n) is 4.10. The molecule has 0 unspecified atom stereocenters. The van der Waals surface area contributed by atoms with Gasteiger partial charge in [0, 0.05) is 23.1 Å². The molecule has 2 aromatic carbocycles. The van der Waals surface area contributed by atoms with Crippen molar-refractivity contribution in [3.63, 3.8) is 0 Å². The van der Waals surface area contributed by atoms with E-state index < -0.39 is 11.8 Å². The molecule has 0 radical (unpaired) electrons. The van der Waals surface area contributed by atoms with Crippen LogP contribution in [0.5, 0.6) is 17.2 Å². The van der Waals surface area contributed by atoms with E-state index in [2.05, 4.69) is 4.98 Å². The fraction of sp³-hybridized carbons (Fsp3) is 0.200. The van der Waals surface area contributed by atoms with Gasteiger partial charge in [-0.25, -0.2) is 14.2 Å². The topological polar surface area (TPSA) is 66.9 Å². The van der Waals surface area contributed by atoms with Crippen LogP contribution in [0.4, 0.5) is 4.39 Å². The lowest BCUT2D eigenvalue weighted by molar-refractivity contribution is 0.0594. The van der Waals surface area contributed by atoms with E-state index in [1.54, 1.807) is 18.2 Å². The maximum atomic E-state index is 14.1. The number of hydrogen-bond acceptors (Lipinski definition) is 6. The molecule has 3 rings (SSSR count). The SMILES string of the molecule is COC(=O)c1cc(OCc2c(F)cccc2Cl)c2cc(OC)c(OC)cc2n1. The maximum absolute atomic E-state index is 14.1. The van der Waals surface area contributed by atoms with E-state index >= 15 is 0 Å². The van der Waals surface area contributed by atoms with Crippen LogP contribution in [-0.2, 0) is 11.3 Å². The van der Waals surface area contributed by atoms with Crippen molar-refractivity contribution >= 4 is 28.5 Å². The van der Waals surface area contributed by atoms with Crippen molar-refractivity contribution in [2.45, 2.75) is 6.61 Å². The molecular formula is C20H17ClFNO5. The van der Waals surface area contributed by atoms with Crippen LogP contribution >= 0.6 is 11.6 Å². The van der Waals surface area contributed by atoms with Crippen molar-refractivity contribution in [2.24, 2.45) is 0 Å². The van der Waals surface area contributed by atoms with Crippen molar-refractivity contribution < 1.29 is 28.1 Å².